The smallest absolute Gasteiger partial charge is 0.342 e. The second-order valence-corrected chi connectivity index (χ2v) is 8.20. The van der Waals surface area contributed by atoms with Gasteiger partial charge in [0.1, 0.15) is 12.8 Å². The molecule has 0 amide bonds. The minimum absolute atomic E-state index is 0.255. The number of halogens is 16. The molecular formula is C13H12F16O6S. The van der Waals surface area contributed by atoms with Gasteiger partial charge in [-0.25, -0.2) is 18.0 Å². The van der Waals surface area contributed by atoms with Crippen LogP contribution in [0.4, 0.5) is 70.2 Å². The van der Waals surface area contributed by atoms with Crippen molar-refractivity contribution in [1.82, 2.24) is 0 Å². The molecule has 36 heavy (non-hydrogen) atoms. The SMILES string of the molecule is C[C@H](F)CC(OCC(F)(F)OC(F)(F)C(F)(F)OC(F)(F)C(F)(F)C(F)(F)C(F)(F)F)OS(C)(=O)=O. The van der Waals surface area contributed by atoms with Gasteiger partial charge in [0.2, 0.25) is 0 Å². The van der Waals surface area contributed by atoms with Crippen LogP contribution >= 0.6 is 0 Å². The summed E-state index contributed by atoms with van der Waals surface area (Å²) in [6.07, 6.45) is -41.4. The number of hydrogen-bond donors (Lipinski definition) is 0. The van der Waals surface area contributed by atoms with Crippen LogP contribution in [0.3, 0.4) is 0 Å². The monoisotopic (exact) mass is 600 g/mol. The fourth-order valence-corrected chi connectivity index (χ4v) is 2.23. The molecule has 0 aromatic rings. The zero-order valence-electron chi connectivity index (χ0n) is 17.0. The number of ether oxygens (including phenoxy) is 3. The molecule has 0 aromatic carbocycles. The minimum atomic E-state index is -8.00. The molecule has 23 heteroatoms. The maximum absolute atomic E-state index is 13.5. The van der Waals surface area contributed by atoms with Crippen LogP contribution in [0.5, 0.6) is 0 Å². The highest BCUT2D eigenvalue weighted by atomic mass is 32.2. The van der Waals surface area contributed by atoms with Crippen LogP contribution in [0.1, 0.15) is 13.3 Å². The Morgan fingerprint density at radius 2 is 1.11 bits per heavy atom. The molecular weight excluding hydrogens is 588 g/mol. The molecule has 1 unspecified atom stereocenters. The summed E-state index contributed by atoms with van der Waals surface area (Å²) in [5, 5.41) is 0. The average molecular weight is 600 g/mol. The number of rotatable bonds is 14. The Balaban J connectivity index is 5.76. The van der Waals surface area contributed by atoms with Crippen molar-refractivity contribution >= 4 is 10.1 Å². The lowest BCUT2D eigenvalue weighted by Gasteiger charge is -2.36. The fraction of sp³-hybridized carbons (Fsp3) is 1.00. The molecule has 2 atom stereocenters. The largest absolute Gasteiger partial charge is 0.460 e. The summed E-state index contributed by atoms with van der Waals surface area (Å²) in [5.41, 5.74) is 0. The lowest BCUT2D eigenvalue weighted by atomic mass is 10.1. The van der Waals surface area contributed by atoms with Gasteiger partial charge in [-0.15, -0.1) is 0 Å². The molecule has 0 aliphatic carbocycles. The van der Waals surface area contributed by atoms with Crippen molar-refractivity contribution in [3.8, 4) is 0 Å². The fourth-order valence-electron chi connectivity index (χ4n) is 1.71. The molecule has 0 aliphatic rings. The maximum atomic E-state index is 13.5. The molecule has 0 bridgehead atoms. The summed E-state index contributed by atoms with van der Waals surface area (Å²) in [5.74, 6) is -15.9. The Bertz CT molecular complexity index is 840. The highest BCUT2D eigenvalue weighted by Gasteiger charge is 2.85. The average Bonchev–Trinajstić information content (AvgIpc) is 2.54. The summed E-state index contributed by atoms with van der Waals surface area (Å²) >= 11 is 0. The van der Waals surface area contributed by atoms with Gasteiger partial charge in [0.05, 0.1) is 6.26 Å². The lowest BCUT2D eigenvalue weighted by molar-refractivity contribution is -0.543. The Morgan fingerprint density at radius 1 is 0.694 bits per heavy atom. The number of alkyl halides is 16. The summed E-state index contributed by atoms with van der Waals surface area (Å²) in [7, 11) is -4.61. The molecule has 218 valence electrons. The van der Waals surface area contributed by atoms with Crippen molar-refractivity contribution in [1.29, 1.82) is 0 Å². The Hall–Kier alpha value is -1.33. The summed E-state index contributed by atoms with van der Waals surface area (Å²) in [6.45, 7) is -2.08. The quantitative estimate of drug-likeness (QED) is 0.153. The topological polar surface area (TPSA) is 71.1 Å². The zero-order valence-corrected chi connectivity index (χ0v) is 17.8. The normalized spacial score (nSPS) is 17.3. The van der Waals surface area contributed by atoms with E-state index in [0.29, 0.717) is 6.92 Å². The van der Waals surface area contributed by atoms with E-state index >= 15 is 0 Å². The van der Waals surface area contributed by atoms with Gasteiger partial charge in [-0.2, -0.15) is 74.3 Å². The Morgan fingerprint density at radius 3 is 1.47 bits per heavy atom. The molecule has 0 saturated carbocycles. The van der Waals surface area contributed by atoms with Crippen LogP contribution in [-0.4, -0.2) is 76.2 Å². The third-order valence-corrected chi connectivity index (χ3v) is 3.79. The van der Waals surface area contributed by atoms with E-state index in [4.69, 9.17) is 0 Å². The third kappa shape index (κ3) is 8.62. The van der Waals surface area contributed by atoms with E-state index in [-0.39, 0.29) is 6.26 Å². The third-order valence-electron chi connectivity index (χ3n) is 3.23. The molecule has 0 fully saturated rings. The molecule has 0 saturated heterocycles. The second kappa shape index (κ2) is 10.4. The van der Waals surface area contributed by atoms with Crippen molar-refractivity contribution in [2.75, 3.05) is 12.9 Å². The van der Waals surface area contributed by atoms with Gasteiger partial charge in [0.15, 0.2) is 6.29 Å². The first-order valence-electron chi connectivity index (χ1n) is 8.29. The van der Waals surface area contributed by atoms with Gasteiger partial charge in [-0.1, -0.05) is 0 Å². The summed E-state index contributed by atoms with van der Waals surface area (Å²) < 4.78 is 239. The van der Waals surface area contributed by atoms with Gasteiger partial charge in [-0.05, 0) is 6.92 Å². The van der Waals surface area contributed by atoms with E-state index in [0.717, 1.165) is 0 Å². The first-order chi connectivity index (χ1) is 15.4. The lowest BCUT2D eigenvalue weighted by Crippen LogP contribution is -2.64. The highest BCUT2D eigenvalue weighted by molar-refractivity contribution is 7.86. The van der Waals surface area contributed by atoms with Gasteiger partial charge in [-0.3, -0.25) is 0 Å². The van der Waals surface area contributed by atoms with Crippen molar-refractivity contribution in [3.63, 3.8) is 0 Å². The summed E-state index contributed by atoms with van der Waals surface area (Å²) in [4.78, 5) is 0. The van der Waals surface area contributed by atoms with Gasteiger partial charge in [0, 0.05) is 6.42 Å². The number of hydrogen-bond acceptors (Lipinski definition) is 6. The highest BCUT2D eigenvalue weighted by Crippen LogP contribution is 2.55. The molecule has 0 aliphatic heterocycles. The van der Waals surface area contributed by atoms with E-state index in [2.05, 4.69) is 13.7 Å². The van der Waals surface area contributed by atoms with Crippen LogP contribution in [0, 0.1) is 0 Å². The molecule has 0 radical (unpaired) electrons. The van der Waals surface area contributed by atoms with Crippen molar-refractivity contribution in [2.45, 2.75) is 68.3 Å². The molecule has 0 N–H and O–H groups in total. The van der Waals surface area contributed by atoms with E-state index in [9.17, 15) is 78.7 Å². The van der Waals surface area contributed by atoms with E-state index < -0.39 is 78.1 Å². The minimum Gasteiger partial charge on any atom is -0.342 e. The van der Waals surface area contributed by atoms with Crippen LogP contribution < -0.4 is 0 Å². The first kappa shape index (κ1) is 34.7. The molecule has 0 spiro atoms. The molecule has 0 heterocycles. The van der Waals surface area contributed by atoms with Crippen molar-refractivity contribution in [2.24, 2.45) is 0 Å². The van der Waals surface area contributed by atoms with Crippen molar-refractivity contribution in [3.05, 3.63) is 0 Å². The van der Waals surface area contributed by atoms with Gasteiger partial charge >= 0.3 is 42.5 Å². The Labute approximate surface area is 189 Å². The molecule has 0 rings (SSSR count). The van der Waals surface area contributed by atoms with Crippen LogP contribution in [0.15, 0.2) is 0 Å². The molecule has 0 aromatic heterocycles. The second-order valence-electron chi connectivity index (χ2n) is 6.60. The first-order valence-corrected chi connectivity index (χ1v) is 10.1. The maximum Gasteiger partial charge on any atom is 0.460 e. The van der Waals surface area contributed by atoms with Crippen LogP contribution in [0.25, 0.3) is 0 Å². The van der Waals surface area contributed by atoms with E-state index in [1.807, 2.05) is 0 Å². The Kier molecular flexibility index (Phi) is 10.1. The van der Waals surface area contributed by atoms with Gasteiger partial charge in [0.25, 0.3) is 10.1 Å². The predicted octanol–water partition coefficient (Wildman–Crippen LogP) is 5.29. The van der Waals surface area contributed by atoms with E-state index in [1.54, 1.807) is 0 Å². The standard InChI is InChI=1S/C13H12F16O6S/c1-5(14)3-6(33-36(2,30)31)32-4-7(15,16)34-12(26,27)13(28,29)35-11(24,25)9(19,20)8(17,18)10(21,22)23/h5-6H,3-4H2,1-2H3/t5-,6?/m0/s1. The zero-order chi connectivity index (χ0) is 29.4. The predicted molar refractivity (Wildman–Crippen MR) is 78.8 cm³/mol. The van der Waals surface area contributed by atoms with Crippen molar-refractivity contribution < 1.29 is 97.1 Å². The van der Waals surface area contributed by atoms with Gasteiger partial charge < -0.3 is 4.74 Å². The molecule has 6 nitrogen and oxygen atoms in total. The summed E-state index contributed by atoms with van der Waals surface area (Å²) in [6, 6.07) is 0. The van der Waals surface area contributed by atoms with Crippen LogP contribution in [0.2, 0.25) is 0 Å². The van der Waals surface area contributed by atoms with E-state index in [1.165, 1.54) is 4.74 Å². The van der Waals surface area contributed by atoms with Crippen LogP contribution in [-0.2, 0) is 28.5 Å².